The second-order valence-corrected chi connectivity index (χ2v) is 0.164. The Balaban J connectivity index is -0.0000000400. The van der Waals surface area contributed by atoms with Crippen molar-refractivity contribution in [1.82, 2.24) is 0 Å². The third-order valence-corrected chi connectivity index (χ3v) is 0. The Hall–Kier alpha value is -0.186. The first-order chi connectivity index (χ1) is 2.83. The van der Waals surface area contributed by atoms with E-state index in [0.29, 0.717) is 0 Å². The maximum atomic E-state index is 8.00. The molecule has 7 heteroatoms. The van der Waals surface area contributed by atoms with E-state index < -0.39 is 0 Å². The maximum absolute atomic E-state index is 8.00. The average Bonchev–Trinajstić information content (AvgIpc) is 1.39. The predicted molar refractivity (Wildman–Crippen MR) is 19.2 cm³/mol. The van der Waals surface area contributed by atoms with Gasteiger partial charge in [-0.2, -0.15) is 0 Å². The minimum atomic E-state index is 0. The van der Waals surface area contributed by atoms with Gasteiger partial charge in [0.25, 0.3) is 0 Å². The molecule has 0 rings (SSSR count). The number of nitrogens with zero attached hydrogens (tertiary/aromatic N) is 4. The van der Waals surface area contributed by atoms with Crippen molar-refractivity contribution in [1.29, 1.82) is 0 Å². The first-order valence-corrected chi connectivity index (χ1v) is 0.765. The van der Waals surface area contributed by atoms with Crippen LogP contribution in [0.4, 0.5) is 0 Å². The summed E-state index contributed by atoms with van der Waals surface area (Å²) in [7, 11) is 0. The van der Waals surface area contributed by atoms with E-state index in [1.165, 1.54) is 4.91 Å². The van der Waals surface area contributed by atoms with Crippen LogP contribution in [0.15, 0.2) is 5.34 Å². The molecule has 7 heavy (non-hydrogen) atoms. The Kier molecular flexibility index (Phi) is 92.6. The quantitative estimate of drug-likeness (QED) is 0.181. The number of hydrogen-bond donors (Lipinski definition) is 0. The first kappa shape index (κ1) is 15.8. The van der Waals surface area contributed by atoms with E-state index in [1.54, 1.807) is 0 Å². The van der Waals surface area contributed by atoms with Gasteiger partial charge in [-0.05, 0) is 0 Å². The van der Waals surface area contributed by atoms with Gasteiger partial charge >= 0.3 is 0 Å². The fourth-order valence-electron chi connectivity index (χ4n) is 0. The average molecular weight is 177 g/mol. The van der Waals surface area contributed by atoms with Crippen LogP contribution in [0.25, 0.3) is 16.0 Å². The fraction of sp³-hybridized carbons (Fsp3) is 0. The molecule has 0 amide bonds. The molecule has 0 aliphatic heterocycles. The smallest absolute Gasteiger partial charge is 0 e. The molecule has 0 aromatic rings. The van der Waals surface area contributed by atoms with Gasteiger partial charge < -0.3 is 21.2 Å². The van der Waals surface area contributed by atoms with Crippen molar-refractivity contribution < 1.29 is 32.7 Å². The standard InChI is InChI=1S/N3.HNO2.Y/c1-3-2;2-1-3;/h;(H,2,3);/q-1;;/p-1. The van der Waals surface area contributed by atoms with Crippen molar-refractivity contribution in [2.45, 2.75) is 0 Å². The van der Waals surface area contributed by atoms with Crippen molar-refractivity contribution in [3.05, 3.63) is 26.1 Å². The summed E-state index contributed by atoms with van der Waals surface area (Å²) in [4.78, 5) is 9.50. The second-order valence-electron chi connectivity index (χ2n) is 0.164. The summed E-state index contributed by atoms with van der Waals surface area (Å²) in [6.45, 7) is 0. The SMILES string of the molecule is O=N[O-].[N-]=[N+]=[N-].[Y]. The Morgan fingerprint density at radius 1 is 1.57 bits per heavy atom. The van der Waals surface area contributed by atoms with Crippen molar-refractivity contribution in [2.75, 3.05) is 0 Å². The van der Waals surface area contributed by atoms with E-state index in [2.05, 4.69) is 0 Å². The van der Waals surface area contributed by atoms with E-state index in [1.807, 2.05) is 0 Å². The van der Waals surface area contributed by atoms with Gasteiger partial charge in [0.2, 0.25) is 0 Å². The molecular weight excluding hydrogens is 177 g/mol. The summed E-state index contributed by atoms with van der Waals surface area (Å²) in [6, 6.07) is 0. The van der Waals surface area contributed by atoms with E-state index in [0.717, 1.165) is 5.34 Å². The zero-order valence-corrected chi connectivity index (χ0v) is 6.02. The molecule has 1 radical (unpaired) electrons. The monoisotopic (exact) mass is 177 g/mol. The molecule has 0 unspecified atom stereocenters. The summed E-state index contributed by atoms with van der Waals surface area (Å²) in [5.74, 6) is 0. The molecule has 37 valence electrons. The molecule has 0 saturated heterocycles. The topological polar surface area (TPSA) is 111 Å². The van der Waals surface area contributed by atoms with E-state index >= 15 is 0 Å². The van der Waals surface area contributed by atoms with Crippen LogP contribution in [0.5, 0.6) is 0 Å². The van der Waals surface area contributed by atoms with Crippen LogP contribution in [0.1, 0.15) is 0 Å². The van der Waals surface area contributed by atoms with Crippen molar-refractivity contribution in [3.63, 3.8) is 0 Å². The Morgan fingerprint density at radius 2 is 1.57 bits per heavy atom. The Morgan fingerprint density at radius 3 is 1.57 bits per heavy atom. The normalized spacial score (nSPS) is 2.86. The van der Waals surface area contributed by atoms with E-state index in [9.17, 15) is 0 Å². The predicted octanol–water partition coefficient (Wildman–Crippen LogP) is 1.11. The summed E-state index contributed by atoms with van der Waals surface area (Å²) < 4.78 is 0. The maximum Gasteiger partial charge on any atom is 0 e. The summed E-state index contributed by atoms with van der Waals surface area (Å²) >= 11 is 0. The van der Waals surface area contributed by atoms with Gasteiger partial charge in [0.05, 0.1) is 0 Å². The number of hydrogen-bond acceptors (Lipinski definition) is 3. The largest absolute Gasteiger partial charge is 0.444 e. The van der Waals surface area contributed by atoms with Crippen LogP contribution >= 0.6 is 0 Å². The summed E-state index contributed by atoms with van der Waals surface area (Å²) in [6.07, 6.45) is 0. The molecule has 0 N–H and O–H groups in total. The minimum absolute atomic E-state index is 0. The molecule has 0 spiro atoms. The molecule has 0 aromatic carbocycles. The van der Waals surface area contributed by atoms with Gasteiger partial charge in [-0.3, -0.25) is 4.91 Å². The van der Waals surface area contributed by atoms with Gasteiger partial charge in [-0.1, -0.05) is 0 Å². The van der Waals surface area contributed by atoms with Crippen molar-refractivity contribution in [3.8, 4) is 0 Å². The van der Waals surface area contributed by atoms with Crippen molar-refractivity contribution in [2.24, 2.45) is 5.34 Å². The van der Waals surface area contributed by atoms with Crippen molar-refractivity contribution >= 4 is 0 Å². The summed E-state index contributed by atoms with van der Waals surface area (Å²) in [5.41, 5.74) is 13.5. The first-order valence-electron chi connectivity index (χ1n) is 0.765. The molecular formula is N4O2Y-2. The number of rotatable bonds is 0. The zero-order chi connectivity index (χ0) is 5.41. The van der Waals surface area contributed by atoms with E-state index in [-0.39, 0.29) is 32.7 Å². The molecule has 6 nitrogen and oxygen atoms in total. The van der Waals surface area contributed by atoms with Crippen LogP contribution in [-0.4, -0.2) is 0 Å². The van der Waals surface area contributed by atoms with Crippen LogP contribution < -0.4 is 0 Å². The molecule has 0 saturated carbocycles. The van der Waals surface area contributed by atoms with Gasteiger partial charge in [-0.15, -0.1) is 5.34 Å². The molecule has 0 aliphatic rings. The minimum Gasteiger partial charge on any atom is -0.444 e. The Labute approximate surface area is 64.1 Å². The molecule has 0 atom stereocenters. The third kappa shape index (κ3) is 2440. The molecule has 0 aliphatic carbocycles. The molecule has 0 heterocycles. The van der Waals surface area contributed by atoms with Gasteiger partial charge in [0.15, 0.2) is 0 Å². The Bertz CT molecular complexity index is 54.7. The van der Waals surface area contributed by atoms with Gasteiger partial charge in [-0.25, -0.2) is 0 Å². The second kappa shape index (κ2) is 40.9. The summed E-state index contributed by atoms with van der Waals surface area (Å²) in [5, 5.41) is 9.00. The van der Waals surface area contributed by atoms with Crippen LogP contribution in [0.2, 0.25) is 0 Å². The molecule has 0 bridgehead atoms. The van der Waals surface area contributed by atoms with Crippen LogP contribution in [0, 0.1) is 10.1 Å². The third-order valence-electron chi connectivity index (χ3n) is 0. The van der Waals surface area contributed by atoms with Gasteiger partial charge in [0, 0.05) is 32.7 Å². The van der Waals surface area contributed by atoms with E-state index in [4.69, 9.17) is 21.2 Å². The van der Waals surface area contributed by atoms with Gasteiger partial charge in [0.1, 0.15) is 0 Å². The molecule has 0 aromatic heterocycles. The fourth-order valence-corrected chi connectivity index (χ4v) is 0. The van der Waals surface area contributed by atoms with Crippen LogP contribution in [-0.2, 0) is 32.7 Å². The van der Waals surface area contributed by atoms with Crippen LogP contribution in [0.3, 0.4) is 0 Å². The molecule has 0 fully saturated rings. The zero-order valence-electron chi connectivity index (χ0n) is 3.18.